The van der Waals surface area contributed by atoms with Crippen molar-refractivity contribution in [2.75, 3.05) is 67.5 Å². The summed E-state index contributed by atoms with van der Waals surface area (Å²) >= 11 is 1.46. The highest BCUT2D eigenvalue weighted by molar-refractivity contribution is 7.17. The fourth-order valence-electron chi connectivity index (χ4n) is 4.08. The van der Waals surface area contributed by atoms with Gasteiger partial charge in [0, 0.05) is 58.6 Å². The smallest absolute Gasteiger partial charge is 0.265 e. The molecule has 2 aliphatic rings. The number of pyridine rings is 2. The molecular formula is C23H27N7OS. The molecule has 0 aliphatic carbocycles. The number of aromatic nitrogens is 2. The number of amides is 1. The number of hydrogen-bond acceptors (Lipinski definition) is 8. The quantitative estimate of drug-likeness (QED) is 0.551. The van der Waals surface area contributed by atoms with E-state index >= 15 is 0 Å². The number of carbonyl (C=O) groups excluding carboxylic acids is 1. The molecule has 0 aromatic carbocycles. The van der Waals surface area contributed by atoms with Crippen molar-refractivity contribution in [2.24, 2.45) is 0 Å². The highest BCUT2D eigenvalue weighted by Gasteiger charge is 2.18. The Balaban J connectivity index is 1.32. The van der Waals surface area contributed by atoms with Crippen LogP contribution in [0, 0.1) is 0 Å². The number of nitrogens with zero attached hydrogens (tertiary/aromatic N) is 4. The van der Waals surface area contributed by atoms with E-state index < -0.39 is 0 Å². The first-order valence-corrected chi connectivity index (χ1v) is 11.8. The number of thiophene rings is 1. The molecule has 5 rings (SSSR count). The Morgan fingerprint density at radius 3 is 2.47 bits per heavy atom. The molecule has 2 saturated heterocycles. The Kier molecular flexibility index (Phi) is 6.29. The monoisotopic (exact) mass is 449 g/mol. The molecule has 2 aliphatic heterocycles. The third-order valence-corrected chi connectivity index (χ3v) is 6.87. The largest absolute Gasteiger partial charge is 0.367 e. The average molecular weight is 450 g/mol. The van der Waals surface area contributed by atoms with Gasteiger partial charge in [-0.2, -0.15) is 0 Å². The highest BCUT2D eigenvalue weighted by Crippen LogP contribution is 2.30. The maximum atomic E-state index is 13.0. The summed E-state index contributed by atoms with van der Waals surface area (Å²) in [4.78, 5) is 28.3. The van der Waals surface area contributed by atoms with Crippen LogP contribution in [-0.2, 0) is 0 Å². The van der Waals surface area contributed by atoms with Gasteiger partial charge in [0.1, 0.15) is 5.82 Å². The maximum Gasteiger partial charge on any atom is 0.265 e. The Morgan fingerprint density at radius 2 is 1.69 bits per heavy atom. The van der Waals surface area contributed by atoms with Crippen LogP contribution in [0.3, 0.4) is 0 Å². The molecule has 8 nitrogen and oxygen atoms in total. The molecule has 9 heteroatoms. The summed E-state index contributed by atoms with van der Waals surface area (Å²) < 4.78 is 0. The molecule has 0 bridgehead atoms. The molecule has 3 aromatic heterocycles. The predicted molar refractivity (Wildman–Crippen MR) is 130 cm³/mol. The van der Waals surface area contributed by atoms with Gasteiger partial charge >= 0.3 is 0 Å². The topological polar surface area (TPSA) is 85.4 Å². The van der Waals surface area contributed by atoms with Crippen LogP contribution in [0.25, 0.3) is 10.6 Å². The van der Waals surface area contributed by atoms with E-state index in [4.69, 9.17) is 4.98 Å². The third-order valence-electron chi connectivity index (χ3n) is 5.76. The minimum atomic E-state index is -0.121. The van der Waals surface area contributed by atoms with E-state index in [0.717, 1.165) is 80.1 Å². The lowest BCUT2D eigenvalue weighted by Crippen LogP contribution is -2.43. The Labute approximate surface area is 191 Å². The van der Waals surface area contributed by atoms with Gasteiger partial charge in [-0.05, 0) is 30.3 Å². The van der Waals surface area contributed by atoms with Crippen LogP contribution in [0.1, 0.15) is 9.67 Å². The maximum absolute atomic E-state index is 13.0. The van der Waals surface area contributed by atoms with Crippen LogP contribution in [0.2, 0.25) is 0 Å². The first kappa shape index (κ1) is 20.9. The third kappa shape index (κ3) is 4.59. The van der Waals surface area contributed by atoms with Gasteiger partial charge in [-0.3, -0.25) is 9.78 Å². The second-order valence-electron chi connectivity index (χ2n) is 7.87. The van der Waals surface area contributed by atoms with Gasteiger partial charge in [0.05, 0.1) is 33.0 Å². The van der Waals surface area contributed by atoms with Gasteiger partial charge < -0.3 is 25.8 Å². The Morgan fingerprint density at radius 1 is 0.938 bits per heavy atom. The molecule has 32 heavy (non-hydrogen) atoms. The molecule has 0 spiro atoms. The molecule has 166 valence electrons. The van der Waals surface area contributed by atoms with E-state index in [2.05, 4.69) is 36.8 Å². The zero-order valence-corrected chi connectivity index (χ0v) is 18.7. The number of nitrogens with one attached hydrogen (secondary N) is 3. The second-order valence-corrected chi connectivity index (χ2v) is 8.95. The molecule has 0 radical (unpaired) electrons. The van der Waals surface area contributed by atoms with E-state index in [0.29, 0.717) is 4.88 Å². The second kappa shape index (κ2) is 9.64. The van der Waals surface area contributed by atoms with Crippen molar-refractivity contribution in [1.82, 2.24) is 20.6 Å². The summed E-state index contributed by atoms with van der Waals surface area (Å²) in [5.41, 5.74) is 2.65. The molecule has 2 fully saturated rings. The van der Waals surface area contributed by atoms with Crippen molar-refractivity contribution < 1.29 is 4.79 Å². The summed E-state index contributed by atoms with van der Waals surface area (Å²) in [7, 11) is 0. The van der Waals surface area contributed by atoms with Gasteiger partial charge in [-0.25, -0.2) is 4.98 Å². The normalized spacial score (nSPS) is 16.8. The van der Waals surface area contributed by atoms with Crippen molar-refractivity contribution in [3.05, 3.63) is 53.7 Å². The predicted octanol–water partition coefficient (Wildman–Crippen LogP) is 2.28. The van der Waals surface area contributed by atoms with Crippen LogP contribution in [0.5, 0.6) is 0 Å². The molecule has 5 heterocycles. The van der Waals surface area contributed by atoms with Crippen molar-refractivity contribution in [3.8, 4) is 10.6 Å². The standard InChI is InChI=1S/C23H27N7OS/c31-23(28-18-16-26-7-6-19(18)29-12-8-24-9-13-29)21-5-4-20(32-21)17-2-1-3-22(27-17)30-14-10-25-11-15-30/h1-7,16,24-25H,8-15H2,(H,28,31). The lowest BCUT2D eigenvalue weighted by molar-refractivity contribution is 0.103. The highest BCUT2D eigenvalue weighted by atomic mass is 32.1. The number of rotatable bonds is 5. The molecular weight excluding hydrogens is 422 g/mol. The van der Waals surface area contributed by atoms with Crippen molar-refractivity contribution in [1.29, 1.82) is 0 Å². The van der Waals surface area contributed by atoms with Gasteiger partial charge in [0.25, 0.3) is 5.91 Å². The average Bonchev–Trinajstić information content (AvgIpc) is 3.36. The van der Waals surface area contributed by atoms with Crippen molar-refractivity contribution >= 4 is 34.4 Å². The number of anilines is 3. The van der Waals surface area contributed by atoms with Crippen LogP contribution in [0.15, 0.2) is 48.8 Å². The van der Waals surface area contributed by atoms with Gasteiger partial charge in [-0.15, -0.1) is 11.3 Å². The van der Waals surface area contributed by atoms with Crippen molar-refractivity contribution in [3.63, 3.8) is 0 Å². The first-order chi connectivity index (χ1) is 15.8. The van der Waals surface area contributed by atoms with Crippen LogP contribution < -0.4 is 25.8 Å². The van der Waals surface area contributed by atoms with Crippen LogP contribution in [0.4, 0.5) is 17.2 Å². The van der Waals surface area contributed by atoms with E-state index in [9.17, 15) is 4.79 Å². The summed E-state index contributed by atoms with van der Waals surface area (Å²) in [6.45, 7) is 7.54. The number of piperazine rings is 2. The van der Waals surface area contributed by atoms with E-state index in [1.807, 2.05) is 30.3 Å². The SMILES string of the molecule is O=C(Nc1cnccc1N1CCNCC1)c1ccc(-c2cccc(N3CCNCC3)n2)s1. The van der Waals surface area contributed by atoms with E-state index in [1.54, 1.807) is 12.4 Å². The molecule has 0 atom stereocenters. The van der Waals surface area contributed by atoms with Gasteiger partial charge in [-0.1, -0.05) is 6.07 Å². The fourth-order valence-corrected chi connectivity index (χ4v) is 4.95. The van der Waals surface area contributed by atoms with E-state index in [1.165, 1.54) is 11.3 Å². The number of hydrogen-bond donors (Lipinski definition) is 3. The van der Waals surface area contributed by atoms with E-state index in [-0.39, 0.29) is 5.91 Å². The molecule has 0 saturated carbocycles. The van der Waals surface area contributed by atoms with Crippen LogP contribution in [-0.4, -0.2) is 68.2 Å². The first-order valence-electron chi connectivity index (χ1n) is 11.0. The molecule has 3 N–H and O–H groups in total. The zero-order chi connectivity index (χ0) is 21.8. The molecule has 0 unspecified atom stereocenters. The fraction of sp³-hybridized carbons (Fsp3) is 0.348. The molecule has 1 amide bonds. The van der Waals surface area contributed by atoms with Crippen LogP contribution >= 0.6 is 11.3 Å². The Bertz CT molecular complexity index is 1070. The summed E-state index contributed by atoms with van der Waals surface area (Å²) in [5, 5.41) is 9.79. The van der Waals surface area contributed by atoms with Crippen molar-refractivity contribution in [2.45, 2.75) is 0 Å². The number of carbonyl (C=O) groups is 1. The minimum absolute atomic E-state index is 0.121. The molecule has 3 aromatic rings. The minimum Gasteiger partial charge on any atom is -0.367 e. The lowest BCUT2D eigenvalue weighted by atomic mass is 10.2. The summed E-state index contributed by atoms with van der Waals surface area (Å²) in [5.74, 6) is 0.864. The summed E-state index contributed by atoms with van der Waals surface area (Å²) in [6, 6.07) is 11.9. The summed E-state index contributed by atoms with van der Waals surface area (Å²) in [6.07, 6.45) is 3.50. The Hall–Kier alpha value is -3.01. The zero-order valence-electron chi connectivity index (χ0n) is 17.9. The van der Waals surface area contributed by atoms with Gasteiger partial charge in [0.2, 0.25) is 0 Å². The van der Waals surface area contributed by atoms with Gasteiger partial charge in [0.15, 0.2) is 0 Å². The lowest BCUT2D eigenvalue weighted by Gasteiger charge is -2.30.